The number of carbonyl (C=O) groups is 1. The molecule has 110 valence electrons. The first-order valence-corrected chi connectivity index (χ1v) is 7.30. The topological polar surface area (TPSA) is 82.4 Å². The number of pyridine rings is 1. The van der Waals surface area contributed by atoms with Crippen molar-refractivity contribution in [2.24, 2.45) is 5.92 Å². The average molecular weight is 284 g/mol. The van der Waals surface area contributed by atoms with Crippen LogP contribution in [0.25, 0.3) is 11.2 Å². The van der Waals surface area contributed by atoms with E-state index in [1.165, 1.54) is 0 Å². The number of ketones is 1. The third kappa shape index (κ3) is 3.27. The van der Waals surface area contributed by atoms with Crippen LogP contribution in [0.15, 0.2) is 12.3 Å². The summed E-state index contributed by atoms with van der Waals surface area (Å²) in [6, 6.07) is 3.95. The van der Waals surface area contributed by atoms with Crippen molar-refractivity contribution in [1.82, 2.24) is 15.0 Å². The molecular weight excluding hydrogens is 264 g/mol. The zero-order valence-corrected chi connectivity index (χ0v) is 12.7. The van der Waals surface area contributed by atoms with E-state index in [2.05, 4.69) is 27.9 Å². The number of rotatable bonds is 6. The lowest BCUT2D eigenvalue weighted by atomic mass is 9.93. The zero-order chi connectivity index (χ0) is 15.4. The Morgan fingerprint density at radius 1 is 1.52 bits per heavy atom. The number of aryl methyl sites for hydroxylation is 1. The molecule has 1 N–H and O–H groups in total. The lowest BCUT2D eigenvalue weighted by Crippen LogP contribution is -2.15. The SMILES string of the molecule is CCCC(C)CC(=O)C(C#N)c1nc2nccc(C)c2[nH]1. The molecule has 0 aliphatic rings. The van der Waals surface area contributed by atoms with Crippen molar-refractivity contribution in [1.29, 1.82) is 5.26 Å². The number of aromatic amines is 1. The lowest BCUT2D eigenvalue weighted by Gasteiger charge is -2.10. The molecule has 2 rings (SSSR count). The number of nitrogens with zero attached hydrogens (tertiary/aromatic N) is 3. The van der Waals surface area contributed by atoms with E-state index in [1.807, 2.05) is 19.9 Å². The fraction of sp³-hybridized carbons (Fsp3) is 0.500. The summed E-state index contributed by atoms with van der Waals surface area (Å²) in [5.74, 6) is -0.210. The Bertz CT molecular complexity index is 683. The van der Waals surface area contributed by atoms with Crippen LogP contribution in [-0.4, -0.2) is 20.7 Å². The van der Waals surface area contributed by atoms with E-state index < -0.39 is 5.92 Å². The molecule has 5 nitrogen and oxygen atoms in total. The molecule has 0 saturated carbocycles. The van der Waals surface area contributed by atoms with Gasteiger partial charge < -0.3 is 4.98 Å². The minimum Gasteiger partial charge on any atom is -0.339 e. The van der Waals surface area contributed by atoms with Gasteiger partial charge in [0.1, 0.15) is 5.82 Å². The quantitative estimate of drug-likeness (QED) is 0.882. The summed E-state index contributed by atoms with van der Waals surface area (Å²) < 4.78 is 0. The van der Waals surface area contributed by atoms with Crippen LogP contribution in [0.2, 0.25) is 0 Å². The van der Waals surface area contributed by atoms with Crippen LogP contribution < -0.4 is 0 Å². The third-order valence-corrected chi connectivity index (χ3v) is 3.67. The third-order valence-electron chi connectivity index (χ3n) is 3.67. The highest BCUT2D eigenvalue weighted by Crippen LogP contribution is 2.22. The van der Waals surface area contributed by atoms with Crippen LogP contribution in [0, 0.1) is 24.2 Å². The van der Waals surface area contributed by atoms with Crippen molar-refractivity contribution in [3.05, 3.63) is 23.7 Å². The second-order valence-corrected chi connectivity index (χ2v) is 5.57. The van der Waals surface area contributed by atoms with Crippen LogP contribution in [-0.2, 0) is 4.79 Å². The van der Waals surface area contributed by atoms with Gasteiger partial charge in [-0.15, -0.1) is 0 Å². The number of hydrogen-bond acceptors (Lipinski definition) is 4. The van der Waals surface area contributed by atoms with Crippen LogP contribution >= 0.6 is 0 Å². The Morgan fingerprint density at radius 2 is 2.29 bits per heavy atom. The fourth-order valence-corrected chi connectivity index (χ4v) is 2.53. The number of carbonyl (C=O) groups excluding carboxylic acids is 1. The van der Waals surface area contributed by atoms with Crippen molar-refractivity contribution in [3.8, 4) is 6.07 Å². The number of imidazole rings is 1. The lowest BCUT2D eigenvalue weighted by molar-refractivity contribution is -0.120. The van der Waals surface area contributed by atoms with E-state index in [4.69, 9.17) is 0 Å². The highest BCUT2D eigenvalue weighted by Gasteiger charge is 2.25. The minimum absolute atomic E-state index is 0.0739. The standard InChI is InChI=1S/C16H20N4O/c1-4-5-10(2)8-13(21)12(9-17)15-19-14-11(3)6-7-18-16(14)20-15/h6-7,10,12H,4-5,8H2,1-3H3,(H,18,19,20). The molecule has 2 aromatic rings. The van der Waals surface area contributed by atoms with E-state index >= 15 is 0 Å². The molecule has 0 saturated heterocycles. The van der Waals surface area contributed by atoms with Gasteiger partial charge in [-0.2, -0.15) is 5.26 Å². The second-order valence-electron chi connectivity index (χ2n) is 5.57. The summed E-state index contributed by atoms with van der Waals surface area (Å²) in [6.45, 7) is 6.08. The van der Waals surface area contributed by atoms with Crippen molar-refractivity contribution in [2.45, 2.75) is 46.0 Å². The molecule has 2 unspecified atom stereocenters. The summed E-state index contributed by atoms with van der Waals surface area (Å²) in [6.07, 6.45) is 4.12. The number of fused-ring (bicyclic) bond motifs is 1. The van der Waals surface area contributed by atoms with E-state index in [0.717, 1.165) is 23.9 Å². The van der Waals surface area contributed by atoms with Crippen molar-refractivity contribution < 1.29 is 4.79 Å². The molecule has 0 aliphatic carbocycles. The average Bonchev–Trinajstić information content (AvgIpc) is 2.84. The molecule has 2 atom stereocenters. The zero-order valence-electron chi connectivity index (χ0n) is 12.7. The van der Waals surface area contributed by atoms with Gasteiger partial charge in [-0.1, -0.05) is 26.7 Å². The highest BCUT2D eigenvalue weighted by molar-refractivity contribution is 5.88. The van der Waals surface area contributed by atoms with Crippen molar-refractivity contribution >= 4 is 16.9 Å². The van der Waals surface area contributed by atoms with E-state index in [1.54, 1.807) is 6.20 Å². The molecule has 5 heteroatoms. The molecule has 0 bridgehead atoms. The Kier molecular flexibility index (Phi) is 4.69. The molecule has 0 aromatic carbocycles. The summed E-state index contributed by atoms with van der Waals surface area (Å²) in [5.41, 5.74) is 2.35. The minimum atomic E-state index is -0.835. The molecule has 21 heavy (non-hydrogen) atoms. The van der Waals surface area contributed by atoms with Gasteiger partial charge in [0.05, 0.1) is 11.6 Å². The maximum atomic E-state index is 12.3. The number of nitriles is 1. The number of Topliss-reactive ketones (excluding diaryl/α,β-unsaturated/α-hetero) is 1. The van der Waals surface area contributed by atoms with Gasteiger partial charge in [0.15, 0.2) is 17.3 Å². The number of nitrogens with one attached hydrogen (secondary N) is 1. The summed E-state index contributed by atoms with van der Waals surface area (Å²) in [5, 5.41) is 9.34. The first-order chi connectivity index (χ1) is 10.1. The molecule has 0 spiro atoms. The normalized spacial score (nSPS) is 13.8. The molecule has 2 aromatic heterocycles. The van der Waals surface area contributed by atoms with Gasteiger partial charge in [-0.3, -0.25) is 4.79 Å². The van der Waals surface area contributed by atoms with Gasteiger partial charge in [0, 0.05) is 12.6 Å². The highest BCUT2D eigenvalue weighted by atomic mass is 16.1. The molecule has 0 fully saturated rings. The maximum absolute atomic E-state index is 12.3. The van der Waals surface area contributed by atoms with Gasteiger partial charge in [-0.05, 0) is 24.5 Å². The largest absolute Gasteiger partial charge is 0.339 e. The Morgan fingerprint density at radius 3 is 2.90 bits per heavy atom. The van der Waals surface area contributed by atoms with Gasteiger partial charge >= 0.3 is 0 Å². The maximum Gasteiger partial charge on any atom is 0.178 e. The van der Waals surface area contributed by atoms with E-state index in [-0.39, 0.29) is 5.78 Å². The smallest absolute Gasteiger partial charge is 0.178 e. The van der Waals surface area contributed by atoms with Crippen LogP contribution in [0.3, 0.4) is 0 Å². The van der Waals surface area contributed by atoms with Crippen LogP contribution in [0.1, 0.15) is 50.4 Å². The Hall–Kier alpha value is -2.22. The Balaban J connectivity index is 2.25. The number of aromatic nitrogens is 3. The molecule has 0 radical (unpaired) electrons. The Labute approximate surface area is 124 Å². The number of H-pyrrole nitrogens is 1. The van der Waals surface area contributed by atoms with Crippen LogP contribution in [0.5, 0.6) is 0 Å². The predicted molar refractivity (Wildman–Crippen MR) is 80.7 cm³/mol. The predicted octanol–water partition coefficient (Wildman–Crippen LogP) is 3.27. The van der Waals surface area contributed by atoms with Crippen molar-refractivity contribution in [3.63, 3.8) is 0 Å². The molecule has 2 heterocycles. The van der Waals surface area contributed by atoms with Gasteiger partial charge in [0.2, 0.25) is 0 Å². The van der Waals surface area contributed by atoms with Crippen LogP contribution in [0.4, 0.5) is 0 Å². The molecular formula is C16H20N4O. The van der Waals surface area contributed by atoms with E-state index in [0.29, 0.717) is 23.8 Å². The summed E-state index contributed by atoms with van der Waals surface area (Å²) in [4.78, 5) is 23.9. The molecule has 0 amide bonds. The number of hydrogen-bond donors (Lipinski definition) is 1. The van der Waals surface area contributed by atoms with E-state index in [9.17, 15) is 10.1 Å². The first-order valence-electron chi connectivity index (χ1n) is 7.30. The van der Waals surface area contributed by atoms with Crippen molar-refractivity contribution in [2.75, 3.05) is 0 Å². The fourth-order valence-electron chi connectivity index (χ4n) is 2.53. The van der Waals surface area contributed by atoms with Gasteiger partial charge in [0.25, 0.3) is 0 Å². The van der Waals surface area contributed by atoms with Gasteiger partial charge in [-0.25, -0.2) is 9.97 Å². The second kappa shape index (κ2) is 6.49. The monoisotopic (exact) mass is 284 g/mol. The first kappa shape index (κ1) is 15.2. The molecule has 0 aliphatic heterocycles. The summed E-state index contributed by atoms with van der Waals surface area (Å²) >= 11 is 0. The summed E-state index contributed by atoms with van der Waals surface area (Å²) in [7, 11) is 0.